The van der Waals surface area contributed by atoms with Gasteiger partial charge in [-0.2, -0.15) is 0 Å². The van der Waals surface area contributed by atoms with E-state index in [0.29, 0.717) is 11.8 Å². The molecule has 0 aromatic heterocycles. The van der Waals surface area contributed by atoms with E-state index in [2.05, 4.69) is 150 Å². The van der Waals surface area contributed by atoms with Gasteiger partial charge in [0.25, 0.3) is 0 Å². The fourth-order valence-electron chi connectivity index (χ4n) is 7.78. The van der Waals surface area contributed by atoms with Crippen LogP contribution in [0.4, 0.5) is 0 Å². The summed E-state index contributed by atoms with van der Waals surface area (Å²) in [6.45, 7) is 19.3. The molecule has 0 nitrogen and oxygen atoms in total. The number of rotatable bonds is 10. The Bertz CT molecular complexity index is 1610. The SMILES string of the molecule is CCC1=Cc2c(-c3ccc([Si](C)(C)C)cc3)cccc2C1C[SiH2]CC1C(CC)=Cc2c(-c3ccc([Si](C)(C)C)cc3)cccc21. The Morgan fingerprint density at radius 3 is 1.22 bits per heavy atom. The van der Waals surface area contributed by atoms with Crippen LogP contribution in [0.2, 0.25) is 51.4 Å². The van der Waals surface area contributed by atoms with Crippen LogP contribution in [0, 0.1) is 0 Å². The van der Waals surface area contributed by atoms with Gasteiger partial charge in [0.2, 0.25) is 0 Å². The zero-order valence-electron chi connectivity index (χ0n) is 28.9. The third kappa shape index (κ3) is 6.37. The first-order valence-electron chi connectivity index (χ1n) is 17.4. The monoisotopic (exact) mass is 640 g/mol. The minimum atomic E-state index is -1.30. The van der Waals surface area contributed by atoms with Crippen molar-refractivity contribution in [1.82, 2.24) is 0 Å². The molecular weight excluding hydrogens is 589 g/mol. The van der Waals surface area contributed by atoms with E-state index in [1.165, 1.54) is 55.8 Å². The van der Waals surface area contributed by atoms with E-state index >= 15 is 0 Å². The molecule has 0 fully saturated rings. The van der Waals surface area contributed by atoms with Gasteiger partial charge in [0.15, 0.2) is 0 Å². The average Bonchev–Trinajstić information content (AvgIpc) is 3.58. The van der Waals surface area contributed by atoms with Gasteiger partial charge in [-0.15, -0.1) is 0 Å². The van der Waals surface area contributed by atoms with Gasteiger partial charge >= 0.3 is 0 Å². The first kappa shape index (κ1) is 32.0. The summed E-state index contributed by atoms with van der Waals surface area (Å²) in [4.78, 5) is 0. The Balaban J connectivity index is 1.21. The molecule has 4 aromatic carbocycles. The molecule has 0 radical (unpaired) electrons. The lowest BCUT2D eigenvalue weighted by atomic mass is 9.92. The number of hydrogen-bond acceptors (Lipinski definition) is 0. The summed E-state index contributed by atoms with van der Waals surface area (Å²) in [6.07, 6.45) is 7.40. The smallest absolute Gasteiger partial charge is 0.0656 e. The molecule has 2 aliphatic rings. The topological polar surface area (TPSA) is 0 Å². The fraction of sp³-hybridized carbons (Fsp3) is 0.333. The third-order valence-corrected chi connectivity index (χ3v) is 16.6. The maximum absolute atomic E-state index is 2.55. The van der Waals surface area contributed by atoms with E-state index in [0.717, 1.165) is 12.8 Å². The summed E-state index contributed by atoms with van der Waals surface area (Å²) in [7, 11) is -2.88. The van der Waals surface area contributed by atoms with Gasteiger partial charge < -0.3 is 0 Å². The summed E-state index contributed by atoms with van der Waals surface area (Å²) in [5.41, 5.74) is 15.0. The number of benzene rings is 4. The molecule has 0 spiro atoms. The minimum absolute atomic E-state index is 0.274. The Morgan fingerprint density at radius 2 is 0.889 bits per heavy atom. The van der Waals surface area contributed by atoms with Gasteiger partial charge in [-0.3, -0.25) is 0 Å². The van der Waals surface area contributed by atoms with Crippen molar-refractivity contribution in [3.63, 3.8) is 0 Å². The quantitative estimate of drug-likeness (QED) is 0.151. The van der Waals surface area contributed by atoms with Crippen LogP contribution in [0.3, 0.4) is 0 Å². The van der Waals surface area contributed by atoms with Crippen molar-refractivity contribution in [3.8, 4) is 22.3 Å². The molecule has 4 aromatic rings. The highest BCUT2D eigenvalue weighted by molar-refractivity contribution is 6.89. The zero-order valence-corrected chi connectivity index (χ0v) is 32.3. The van der Waals surface area contributed by atoms with Crippen LogP contribution in [-0.2, 0) is 0 Å². The molecule has 0 saturated heterocycles. The molecule has 232 valence electrons. The first-order chi connectivity index (χ1) is 21.5. The van der Waals surface area contributed by atoms with Gasteiger partial charge in [0, 0.05) is 21.4 Å². The van der Waals surface area contributed by atoms with Gasteiger partial charge in [-0.1, -0.05) is 184 Å². The van der Waals surface area contributed by atoms with Crippen molar-refractivity contribution in [1.29, 1.82) is 0 Å². The predicted molar refractivity (Wildman–Crippen MR) is 210 cm³/mol. The summed E-state index contributed by atoms with van der Waals surface area (Å²) in [5.74, 6) is 1.20. The molecule has 2 unspecified atom stereocenters. The van der Waals surface area contributed by atoms with E-state index in [4.69, 9.17) is 0 Å². The van der Waals surface area contributed by atoms with E-state index in [1.54, 1.807) is 22.3 Å². The molecule has 0 aliphatic heterocycles. The summed E-state index contributed by atoms with van der Waals surface area (Å²) in [6, 6.07) is 35.9. The normalized spacial score (nSPS) is 17.9. The van der Waals surface area contributed by atoms with Crippen LogP contribution in [0.1, 0.15) is 60.8 Å². The minimum Gasteiger partial charge on any atom is -0.0656 e. The third-order valence-electron chi connectivity index (χ3n) is 10.5. The molecule has 0 amide bonds. The van der Waals surface area contributed by atoms with Crippen LogP contribution >= 0.6 is 0 Å². The van der Waals surface area contributed by atoms with E-state index in [9.17, 15) is 0 Å². The van der Waals surface area contributed by atoms with Crippen molar-refractivity contribution in [3.05, 3.63) is 118 Å². The molecule has 0 bridgehead atoms. The number of hydrogen-bond donors (Lipinski definition) is 0. The molecular formula is C42H52Si3. The Kier molecular flexibility index (Phi) is 9.00. The second-order valence-electron chi connectivity index (χ2n) is 15.5. The highest BCUT2D eigenvalue weighted by Crippen LogP contribution is 2.47. The molecule has 6 rings (SSSR count). The predicted octanol–water partition coefficient (Wildman–Crippen LogP) is 10.6. The maximum atomic E-state index is 2.55. The molecule has 45 heavy (non-hydrogen) atoms. The standard InChI is InChI=1S/C42H52Si3/c1-9-29-25-39-35(31-17-21-33(22-18-31)44(3,4)5)13-11-15-37(39)41(29)27-43-28-42-30(10-2)26-40-36(14-12-16-38(40)42)32-19-23-34(24-20-32)45(6,7)8/h11-26,41-42H,9-10,27-28,43H2,1-8H3. The largest absolute Gasteiger partial charge is 0.0775 e. The molecule has 0 saturated carbocycles. The van der Waals surface area contributed by atoms with Gasteiger partial charge in [0.05, 0.1) is 16.1 Å². The second-order valence-corrected chi connectivity index (χ2v) is 27.5. The van der Waals surface area contributed by atoms with Crippen molar-refractivity contribution < 1.29 is 0 Å². The first-order valence-corrected chi connectivity index (χ1v) is 26.4. The van der Waals surface area contributed by atoms with Crippen molar-refractivity contribution in [2.45, 2.75) is 89.9 Å². The van der Waals surface area contributed by atoms with Gasteiger partial charge in [-0.05, 0) is 57.3 Å². The summed E-state index contributed by atoms with van der Waals surface area (Å²) in [5, 5.41) is 3.07. The molecule has 0 heterocycles. The number of allylic oxidation sites excluding steroid dienone is 2. The Morgan fingerprint density at radius 1 is 0.511 bits per heavy atom. The zero-order chi connectivity index (χ0) is 31.9. The summed E-state index contributed by atoms with van der Waals surface area (Å²) < 4.78 is 0. The molecule has 2 aliphatic carbocycles. The van der Waals surface area contributed by atoms with Crippen LogP contribution in [0.5, 0.6) is 0 Å². The van der Waals surface area contributed by atoms with E-state index in [-0.39, 0.29) is 9.52 Å². The maximum Gasteiger partial charge on any atom is 0.0775 e. The molecule has 3 heteroatoms. The number of fused-ring (bicyclic) bond motifs is 2. The highest BCUT2D eigenvalue weighted by atomic mass is 28.3. The molecule has 0 N–H and O–H groups in total. The van der Waals surface area contributed by atoms with Crippen LogP contribution in [0.15, 0.2) is 96.1 Å². The van der Waals surface area contributed by atoms with Crippen molar-refractivity contribution in [2.24, 2.45) is 0 Å². The lowest BCUT2D eigenvalue weighted by Crippen LogP contribution is -2.37. The summed E-state index contributed by atoms with van der Waals surface area (Å²) >= 11 is 0. The Hall–Kier alpha value is -2.99. The van der Waals surface area contributed by atoms with Crippen LogP contribution < -0.4 is 10.4 Å². The fourth-order valence-corrected chi connectivity index (χ4v) is 12.5. The molecule has 2 atom stereocenters. The van der Waals surface area contributed by atoms with Gasteiger partial charge in [-0.25, -0.2) is 0 Å². The van der Waals surface area contributed by atoms with E-state index < -0.39 is 16.1 Å². The van der Waals surface area contributed by atoms with Crippen LogP contribution in [0.25, 0.3) is 34.4 Å². The average molecular weight is 641 g/mol. The highest BCUT2D eigenvalue weighted by Gasteiger charge is 2.29. The lowest BCUT2D eigenvalue weighted by molar-refractivity contribution is 0.830. The van der Waals surface area contributed by atoms with Gasteiger partial charge in [0.1, 0.15) is 0 Å². The van der Waals surface area contributed by atoms with Crippen LogP contribution in [-0.4, -0.2) is 25.7 Å². The Labute approximate surface area is 277 Å². The van der Waals surface area contributed by atoms with Crippen molar-refractivity contribution >= 4 is 48.2 Å². The second kappa shape index (κ2) is 12.7. The lowest BCUT2D eigenvalue weighted by Gasteiger charge is -2.20. The van der Waals surface area contributed by atoms with E-state index in [1.807, 2.05) is 0 Å². The van der Waals surface area contributed by atoms with Crippen molar-refractivity contribution in [2.75, 3.05) is 0 Å².